The lowest BCUT2D eigenvalue weighted by Gasteiger charge is -2.32. The van der Waals surface area contributed by atoms with Gasteiger partial charge in [0.2, 0.25) is 5.91 Å². The highest BCUT2D eigenvalue weighted by molar-refractivity contribution is 5.85. The van der Waals surface area contributed by atoms with E-state index in [0.29, 0.717) is 13.2 Å². The summed E-state index contributed by atoms with van der Waals surface area (Å²) in [4.78, 5) is 20.1. The molecule has 0 atom stereocenters. The molecule has 0 unspecified atom stereocenters. The number of carbonyl (C=O) groups is 1. The quantitative estimate of drug-likeness (QED) is 0.494. The minimum atomic E-state index is 0.0220. The SMILES string of the molecule is CCOc1ccccc1CNC(=O)C1CCN(c2nc3ccccc3n3cccc23)CC1. The maximum Gasteiger partial charge on any atom is 0.223 e. The number of benzene rings is 2. The molecule has 1 amide bonds. The Bertz CT molecular complexity index is 1240. The molecule has 0 aliphatic carbocycles. The molecule has 2 aromatic carbocycles. The van der Waals surface area contributed by atoms with Crippen LogP contribution in [0.15, 0.2) is 66.9 Å². The summed E-state index contributed by atoms with van der Waals surface area (Å²) in [5.41, 5.74) is 4.21. The first-order valence-electron chi connectivity index (χ1n) is 11.3. The molecule has 32 heavy (non-hydrogen) atoms. The number of nitrogens with one attached hydrogen (secondary N) is 1. The summed E-state index contributed by atoms with van der Waals surface area (Å²) in [6.45, 7) is 4.71. The molecule has 6 nitrogen and oxygen atoms in total. The van der Waals surface area contributed by atoms with Crippen molar-refractivity contribution in [2.45, 2.75) is 26.3 Å². The number of carbonyl (C=O) groups excluding carboxylic acids is 1. The number of aromatic nitrogens is 2. The van der Waals surface area contributed by atoms with Crippen molar-refractivity contribution < 1.29 is 9.53 Å². The first-order chi connectivity index (χ1) is 15.7. The van der Waals surface area contributed by atoms with Crippen LogP contribution in [0.5, 0.6) is 5.75 Å². The molecule has 0 spiro atoms. The number of piperidine rings is 1. The molecular formula is C26H28N4O2. The van der Waals surface area contributed by atoms with Gasteiger partial charge in [0.15, 0.2) is 5.82 Å². The largest absolute Gasteiger partial charge is 0.494 e. The number of nitrogens with zero attached hydrogens (tertiary/aromatic N) is 3. The van der Waals surface area contributed by atoms with Gasteiger partial charge in [0, 0.05) is 37.3 Å². The van der Waals surface area contributed by atoms with Crippen LogP contribution < -0.4 is 15.0 Å². The Hall–Kier alpha value is -3.54. The zero-order valence-electron chi connectivity index (χ0n) is 18.3. The van der Waals surface area contributed by atoms with E-state index in [4.69, 9.17) is 9.72 Å². The number of para-hydroxylation sites is 3. The summed E-state index contributed by atoms with van der Waals surface area (Å²) in [5, 5.41) is 3.11. The van der Waals surface area contributed by atoms with Gasteiger partial charge in [-0.3, -0.25) is 4.79 Å². The second-order valence-corrected chi connectivity index (χ2v) is 8.21. The van der Waals surface area contributed by atoms with E-state index in [2.05, 4.69) is 45.1 Å². The summed E-state index contributed by atoms with van der Waals surface area (Å²) < 4.78 is 7.87. The van der Waals surface area contributed by atoms with Crippen LogP contribution in [0.4, 0.5) is 5.82 Å². The van der Waals surface area contributed by atoms with E-state index in [-0.39, 0.29) is 11.8 Å². The molecular weight excluding hydrogens is 400 g/mol. The predicted octanol–water partition coefficient (Wildman–Crippen LogP) is 4.42. The number of hydrogen-bond acceptors (Lipinski definition) is 4. The Kier molecular flexibility index (Phi) is 5.67. The van der Waals surface area contributed by atoms with E-state index in [1.807, 2.05) is 43.3 Å². The monoisotopic (exact) mass is 428 g/mol. The van der Waals surface area contributed by atoms with Crippen molar-refractivity contribution in [1.29, 1.82) is 0 Å². The molecule has 1 aliphatic rings. The van der Waals surface area contributed by atoms with Crippen LogP contribution >= 0.6 is 0 Å². The number of rotatable bonds is 6. The highest BCUT2D eigenvalue weighted by Crippen LogP contribution is 2.29. The average molecular weight is 429 g/mol. The molecule has 0 bridgehead atoms. The second kappa shape index (κ2) is 8.91. The first-order valence-corrected chi connectivity index (χ1v) is 11.3. The van der Waals surface area contributed by atoms with Gasteiger partial charge in [-0.15, -0.1) is 0 Å². The van der Waals surface area contributed by atoms with Crippen molar-refractivity contribution >= 4 is 28.3 Å². The number of amides is 1. The fourth-order valence-electron chi connectivity index (χ4n) is 4.57. The van der Waals surface area contributed by atoms with Crippen LogP contribution in [0.3, 0.4) is 0 Å². The van der Waals surface area contributed by atoms with Crippen LogP contribution in [0.1, 0.15) is 25.3 Å². The van der Waals surface area contributed by atoms with E-state index in [9.17, 15) is 4.79 Å². The fraction of sp³-hybridized carbons (Fsp3) is 0.308. The van der Waals surface area contributed by atoms with Crippen LogP contribution in [-0.4, -0.2) is 35.0 Å². The maximum absolute atomic E-state index is 12.8. The number of fused-ring (bicyclic) bond motifs is 3. The average Bonchev–Trinajstić information content (AvgIpc) is 3.33. The van der Waals surface area contributed by atoms with Gasteiger partial charge in [0.25, 0.3) is 0 Å². The lowest BCUT2D eigenvalue weighted by Crippen LogP contribution is -2.40. The minimum absolute atomic E-state index is 0.0220. The molecule has 1 fully saturated rings. The zero-order chi connectivity index (χ0) is 21.9. The van der Waals surface area contributed by atoms with Crippen molar-refractivity contribution in [2.24, 2.45) is 5.92 Å². The Balaban J connectivity index is 1.25. The smallest absolute Gasteiger partial charge is 0.223 e. The Labute approximate surface area is 187 Å². The van der Waals surface area contributed by atoms with Gasteiger partial charge in [0.1, 0.15) is 5.75 Å². The molecule has 164 valence electrons. The molecule has 0 radical (unpaired) electrons. The standard InChI is InChI=1S/C26H28N4O2/c1-2-32-24-12-6-3-8-20(24)18-27-26(31)19-13-16-29(17-14-19)25-23-11-7-15-30(23)22-10-5-4-9-21(22)28-25/h3-12,15,19H,2,13-14,16-18H2,1H3,(H,27,31). The van der Waals surface area contributed by atoms with Gasteiger partial charge in [-0.1, -0.05) is 30.3 Å². The van der Waals surface area contributed by atoms with Gasteiger partial charge in [-0.25, -0.2) is 4.98 Å². The zero-order valence-corrected chi connectivity index (χ0v) is 18.3. The molecule has 5 rings (SSSR count). The third-order valence-electron chi connectivity index (χ3n) is 6.24. The number of anilines is 1. The Morgan fingerprint density at radius 1 is 1.03 bits per heavy atom. The third-order valence-corrected chi connectivity index (χ3v) is 6.24. The summed E-state index contributed by atoms with van der Waals surface area (Å²) in [5.74, 6) is 1.98. The van der Waals surface area contributed by atoms with Gasteiger partial charge in [-0.2, -0.15) is 0 Å². The van der Waals surface area contributed by atoms with E-state index in [1.54, 1.807) is 0 Å². The highest BCUT2D eigenvalue weighted by Gasteiger charge is 2.27. The lowest BCUT2D eigenvalue weighted by molar-refractivity contribution is -0.125. The fourth-order valence-corrected chi connectivity index (χ4v) is 4.57. The van der Waals surface area contributed by atoms with Crippen LogP contribution in [0.2, 0.25) is 0 Å². The van der Waals surface area contributed by atoms with Crippen molar-refractivity contribution in [1.82, 2.24) is 14.7 Å². The second-order valence-electron chi connectivity index (χ2n) is 8.21. The van der Waals surface area contributed by atoms with Crippen molar-refractivity contribution in [2.75, 3.05) is 24.6 Å². The van der Waals surface area contributed by atoms with Crippen molar-refractivity contribution in [3.8, 4) is 5.75 Å². The molecule has 6 heteroatoms. The molecule has 3 heterocycles. The van der Waals surface area contributed by atoms with Crippen molar-refractivity contribution in [3.05, 3.63) is 72.4 Å². The summed E-state index contributed by atoms with van der Waals surface area (Å²) in [6.07, 6.45) is 3.73. The molecule has 1 aliphatic heterocycles. The molecule has 2 aromatic heterocycles. The molecule has 1 saturated heterocycles. The number of hydrogen-bond donors (Lipinski definition) is 1. The van der Waals surface area contributed by atoms with Crippen LogP contribution in [0, 0.1) is 5.92 Å². The lowest BCUT2D eigenvalue weighted by atomic mass is 9.95. The number of ether oxygens (including phenoxy) is 1. The Morgan fingerprint density at radius 3 is 2.62 bits per heavy atom. The van der Waals surface area contributed by atoms with E-state index < -0.39 is 0 Å². The topological polar surface area (TPSA) is 58.9 Å². The first kappa shape index (κ1) is 20.4. The summed E-state index contributed by atoms with van der Waals surface area (Å²) in [6, 6.07) is 20.3. The summed E-state index contributed by atoms with van der Waals surface area (Å²) >= 11 is 0. The Morgan fingerprint density at radius 2 is 1.78 bits per heavy atom. The van der Waals surface area contributed by atoms with Crippen LogP contribution in [0.25, 0.3) is 16.6 Å². The third kappa shape index (κ3) is 3.88. The molecule has 0 saturated carbocycles. The summed E-state index contributed by atoms with van der Waals surface area (Å²) in [7, 11) is 0. The van der Waals surface area contributed by atoms with Crippen LogP contribution in [-0.2, 0) is 11.3 Å². The van der Waals surface area contributed by atoms with Gasteiger partial charge >= 0.3 is 0 Å². The van der Waals surface area contributed by atoms with Gasteiger partial charge in [-0.05, 0) is 50.1 Å². The van der Waals surface area contributed by atoms with E-state index in [0.717, 1.165) is 59.6 Å². The molecule has 1 N–H and O–H groups in total. The van der Waals surface area contributed by atoms with Gasteiger partial charge in [0.05, 0.1) is 23.2 Å². The van der Waals surface area contributed by atoms with Gasteiger partial charge < -0.3 is 19.4 Å². The van der Waals surface area contributed by atoms with E-state index in [1.165, 1.54) is 0 Å². The highest BCUT2D eigenvalue weighted by atomic mass is 16.5. The van der Waals surface area contributed by atoms with Crippen molar-refractivity contribution in [3.63, 3.8) is 0 Å². The predicted molar refractivity (Wildman–Crippen MR) is 127 cm³/mol. The van der Waals surface area contributed by atoms with E-state index >= 15 is 0 Å². The minimum Gasteiger partial charge on any atom is -0.494 e. The maximum atomic E-state index is 12.8. The normalized spacial score (nSPS) is 14.7. The molecule has 4 aromatic rings.